The van der Waals surface area contributed by atoms with Crippen LogP contribution in [0.5, 0.6) is 0 Å². The second kappa shape index (κ2) is 3.55. The molecule has 3 amide bonds. The Balaban J connectivity index is 1.76. The summed E-state index contributed by atoms with van der Waals surface area (Å²) in [4.78, 5) is 28.6. The van der Waals surface area contributed by atoms with Crippen LogP contribution in [0.2, 0.25) is 0 Å². The summed E-state index contributed by atoms with van der Waals surface area (Å²) in [5.74, 6) is 0.137. The topological polar surface area (TPSA) is 62.3 Å². The van der Waals surface area contributed by atoms with E-state index in [4.69, 9.17) is 0 Å². The molecule has 17 heavy (non-hydrogen) atoms. The number of hydrogen-bond donors (Lipinski definition) is 1. The Kier molecular flexibility index (Phi) is 2.14. The molecule has 3 rings (SSSR count). The fraction of sp³-hybridized carbons (Fsp3) is 0.417. The highest BCUT2D eigenvalue weighted by Crippen LogP contribution is 2.45. The Morgan fingerprint density at radius 3 is 2.82 bits per heavy atom. The van der Waals surface area contributed by atoms with Gasteiger partial charge in [0.05, 0.1) is 6.54 Å². The molecule has 1 aromatic rings. The summed E-state index contributed by atoms with van der Waals surface area (Å²) in [6.45, 7) is 2.07. The summed E-state index contributed by atoms with van der Waals surface area (Å²) in [5.41, 5.74) is 2.08. The Bertz CT molecular complexity index is 467. The van der Waals surface area contributed by atoms with Gasteiger partial charge in [0.25, 0.3) is 0 Å². The Hall–Kier alpha value is -1.91. The molecule has 5 heteroatoms. The second-order valence-electron chi connectivity index (χ2n) is 4.56. The minimum absolute atomic E-state index is 0.0227. The molecule has 0 radical (unpaired) electrons. The van der Waals surface area contributed by atoms with Gasteiger partial charge in [0.2, 0.25) is 5.91 Å². The van der Waals surface area contributed by atoms with Crippen molar-refractivity contribution in [2.45, 2.75) is 25.3 Å². The molecule has 2 unspecified atom stereocenters. The van der Waals surface area contributed by atoms with Crippen LogP contribution in [0.15, 0.2) is 18.3 Å². The van der Waals surface area contributed by atoms with Crippen molar-refractivity contribution in [1.29, 1.82) is 0 Å². The molecule has 2 fully saturated rings. The molecular formula is C12H13N3O2. The van der Waals surface area contributed by atoms with Crippen molar-refractivity contribution >= 4 is 11.9 Å². The molecule has 1 aliphatic carbocycles. The van der Waals surface area contributed by atoms with E-state index in [1.54, 1.807) is 0 Å². The summed E-state index contributed by atoms with van der Waals surface area (Å²) < 4.78 is 0. The normalized spacial score (nSPS) is 27.2. The van der Waals surface area contributed by atoms with Crippen molar-refractivity contribution in [3.8, 4) is 0 Å². The maximum absolute atomic E-state index is 11.5. The largest absolute Gasteiger partial charge is 0.329 e. The van der Waals surface area contributed by atoms with Crippen molar-refractivity contribution in [2.24, 2.45) is 0 Å². The quantitative estimate of drug-likeness (QED) is 0.766. The number of aryl methyl sites for hydroxylation is 1. The summed E-state index contributed by atoms with van der Waals surface area (Å²) >= 11 is 0. The SMILES string of the molecule is Cc1ccc(C2CC2N2C(=O)CNC2=O)cn1. The smallest absolute Gasteiger partial charge is 0.324 e. The molecule has 1 N–H and O–H groups in total. The number of hydrogen-bond acceptors (Lipinski definition) is 3. The highest BCUT2D eigenvalue weighted by atomic mass is 16.2. The Labute approximate surface area is 98.8 Å². The average Bonchev–Trinajstić information content (AvgIpc) is 3.01. The number of aromatic nitrogens is 1. The number of carbonyl (C=O) groups is 2. The first-order valence-corrected chi connectivity index (χ1v) is 5.69. The van der Waals surface area contributed by atoms with Crippen LogP contribution in [-0.2, 0) is 4.79 Å². The van der Waals surface area contributed by atoms with Gasteiger partial charge < -0.3 is 5.32 Å². The number of rotatable bonds is 2. The first kappa shape index (κ1) is 10.3. The standard InChI is InChI=1S/C12H13N3O2/c1-7-2-3-8(5-13-7)9-4-10(9)15-11(16)6-14-12(15)17/h2-3,5,9-10H,4,6H2,1H3,(H,14,17). The van der Waals surface area contributed by atoms with Gasteiger partial charge in [-0.05, 0) is 25.0 Å². The minimum atomic E-state index is -0.262. The fourth-order valence-electron chi connectivity index (χ4n) is 2.29. The molecule has 5 nitrogen and oxygen atoms in total. The number of nitrogens with one attached hydrogen (secondary N) is 1. The molecule has 2 aliphatic rings. The zero-order chi connectivity index (χ0) is 12.0. The number of amides is 3. The van der Waals surface area contributed by atoms with Crippen LogP contribution in [-0.4, -0.2) is 34.4 Å². The molecule has 1 saturated carbocycles. The van der Waals surface area contributed by atoms with E-state index < -0.39 is 0 Å². The van der Waals surface area contributed by atoms with Crippen molar-refractivity contribution in [2.75, 3.05) is 6.54 Å². The van der Waals surface area contributed by atoms with Gasteiger partial charge in [0.1, 0.15) is 0 Å². The minimum Gasteiger partial charge on any atom is -0.329 e. The third kappa shape index (κ3) is 1.67. The number of imide groups is 1. The van der Waals surface area contributed by atoms with Crippen molar-refractivity contribution in [1.82, 2.24) is 15.2 Å². The van der Waals surface area contributed by atoms with Crippen LogP contribution < -0.4 is 5.32 Å². The van der Waals surface area contributed by atoms with Gasteiger partial charge in [-0.15, -0.1) is 0 Å². The molecule has 2 atom stereocenters. The molecule has 88 valence electrons. The van der Waals surface area contributed by atoms with Gasteiger partial charge in [-0.25, -0.2) is 4.79 Å². The zero-order valence-electron chi connectivity index (χ0n) is 9.51. The van der Waals surface area contributed by atoms with Gasteiger partial charge in [0.15, 0.2) is 0 Å². The molecule has 2 heterocycles. The van der Waals surface area contributed by atoms with Crippen LogP contribution in [0.4, 0.5) is 4.79 Å². The van der Waals surface area contributed by atoms with Gasteiger partial charge in [-0.2, -0.15) is 0 Å². The van der Waals surface area contributed by atoms with Crippen LogP contribution >= 0.6 is 0 Å². The molecule has 1 aromatic heterocycles. The van der Waals surface area contributed by atoms with Crippen LogP contribution in [0.1, 0.15) is 23.6 Å². The molecule has 0 bridgehead atoms. The first-order chi connectivity index (χ1) is 8.16. The lowest BCUT2D eigenvalue weighted by molar-refractivity contribution is -0.125. The fourth-order valence-corrected chi connectivity index (χ4v) is 2.29. The van der Waals surface area contributed by atoms with Crippen LogP contribution in [0.25, 0.3) is 0 Å². The maximum Gasteiger partial charge on any atom is 0.324 e. The third-order valence-electron chi connectivity index (χ3n) is 3.33. The number of pyridine rings is 1. The van der Waals surface area contributed by atoms with E-state index in [-0.39, 0.29) is 30.4 Å². The van der Waals surface area contributed by atoms with Gasteiger partial charge >= 0.3 is 6.03 Å². The van der Waals surface area contributed by atoms with Crippen molar-refractivity contribution in [3.05, 3.63) is 29.6 Å². The lowest BCUT2D eigenvalue weighted by atomic mass is 10.1. The molecule has 1 aliphatic heterocycles. The van der Waals surface area contributed by atoms with E-state index in [2.05, 4.69) is 10.3 Å². The van der Waals surface area contributed by atoms with Gasteiger partial charge in [-0.3, -0.25) is 14.7 Å². The summed E-state index contributed by atoms with van der Waals surface area (Å²) in [6.07, 6.45) is 2.68. The van der Waals surface area contributed by atoms with E-state index in [9.17, 15) is 9.59 Å². The first-order valence-electron chi connectivity index (χ1n) is 5.69. The van der Waals surface area contributed by atoms with E-state index in [1.807, 2.05) is 25.3 Å². The average molecular weight is 231 g/mol. The van der Waals surface area contributed by atoms with Crippen LogP contribution in [0, 0.1) is 6.92 Å². The van der Waals surface area contributed by atoms with E-state index in [0.717, 1.165) is 17.7 Å². The Morgan fingerprint density at radius 2 is 2.24 bits per heavy atom. The van der Waals surface area contributed by atoms with Gasteiger partial charge in [-0.1, -0.05) is 6.07 Å². The summed E-state index contributed by atoms with van der Waals surface area (Å²) in [5, 5.41) is 2.54. The summed E-state index contributed by atoms with van der Waals surface area (Å²) in [7, 11) is 0. The van der Waals surface area contributed by atoms with Crippen molar-refractivity contribution < 1.29 is 9.59 Å². The molecule has 0 spiro atoms. The number of urea groups is 1. The van der Waals surface area contributed by atoms with Crippen LogP contribution in [0.3, 0.4) is 0 Å². The predicted octanol–water partition coefficient (Wildman–Crippen LogP) is 0.798. The lowest BCUT2D eigenvalue weighted by Crippen LogP contribution is -2.33. The monoisotopic (exact) mass is 231 g/mol. The number of nitrogens with zero attached hydrogens (tertiary/aromatic N) is 2. The molecule has 1 saturated heterocycles. The van der Waals surface area contributed by atoms with Gasteiger partial charge in [0, 0.05) is 23.9 Å². The van der Waals surface area contributed by atoms with E-state index in [0.29, 0.717) is 0 Å². The van der Waals surface area contributed by atoms with E-state index in [1.165, 1.54) is 4.90 Å². The zero-order valence-corrected chi connectivity index (χ0v) is 9.51. The highest BCUT2D eigenvalue weighted by Gasteiger charge is 2.49. The van der Waals surface area contributed by atoms with Crippen molar-refractivity contribution in [3.63, 3.8) is 0 Å². The predicted molar refractivity (Wildman–Crippen MR) is 60.4 cm³/mol. The van der Waals surface area contributed by atoms with E-state index >= 15 is 0 Å². The summed E-state index contributed by atoms with van der Waals surface area (Å²) in [6, 6.07) is 3.74. The third-order valence-corrected chi connectivity index (χ3v) is 3.33. The number of carbonyl (C=O) groups excluding carboxylic acids is 2. The molecule has 0 aromatic carbocycles. The maximum atomic E-state index is 11.5. The Morgan fingerprint density at radius 1 is 1.41 bits per heavy atom. The molecular weight excluding hydrogens is 218 g/mol. The lowest BCUT2D eigenvalue weighted by Gasteiger charge is -2.11. The second-order valence-corrected chi connectivity index (χ2v) is 4.56. The highest BCUT2D eigenvalue weighted by molar-refractivity contribution is 6.02.